The van der Waals surface area contributed by atoms with Gasteiger partial charge in [-0.05, 0) is 60.5 Å². The fraction of sp³-hybridized carbons (Fsp3) is 0.286. The van der Waals surface area contributed by atoms with Crippen LogP contribution >= 0.6 is 0 Å². The molecule has 0 bridgehead atoms. The summed E-state index contributed by atoms with van der Waals surface area (Å²) in [6.45, 7) is 6.16. The van der Waals surface area contributed by atoms with E-state index in [-0.39, 0.29) is 12.5 Å². The summed E-state index contributed by atoms with van der Waals surface area (Å²) in [6, 6.07) is 5.99. The van der Waals surface area contributed by atoms with Crippen LogP contribution < -0.4 is 5.32 Å². The number of hydrogen-bond donors (Lipinski definition) is 1. The fourth-order valence-electron chi connectivity index (χ4n) is 1.75. The predicted octanol–water partition coefficient (Wildman–Crippen LogP) is 1.47. The van der Waals surface area contributed by atoms with Crippen molar-refractivity contribution in [2.45, 2.75) is 27.3 Å². The van der Waals surface area contributed by atoms with Crippen molar-refractivity contribution in [3.05, 3.63) is 47.3 Å². The molecule has 6 nitrogen and oxygen atoms in total. The maximum atomic E-state index is 11.4. The molecule has 0 fully saturated rings. The van der Waals surface area contributed by atoms with Crippen LogP contribution in [-0.4, -0.2) is 26.1 Å². The molecule has 0 atom stereocenters. The number of nitrogens with zero attached hydrogens (tertiary/aromatic N) is 4. The molecule has 0 spiro atoms. The molecule has 1 N–H and O–H groups in total. The zero-order chi connectivity index (χ0) is 14.5. The van der Waals surface area contributed by atoms with Gasteiger partial charge in [0.1, 0.15) is 0 Å². The smallest absolute Gasteiger partial charge is 0.244 e. The molecule has 104 valence electrons. The van der Waals surface area contributed by atoms with Crippen molar-refractivity contribution in [1.82, 2.24) is 25.5 Å². The number of benzene rings is 1. The van der Waals surface area contributed by atoms with Crippen molar-refractivity contribution >= 4 is 5.91 Å². The van der Waals surface area contributed by atoms with Crippen LogP contribution in [0.15, 0.2) is 30.4 Å². The number of amides is 1. The van der Waals surface area contributed by atoms with E-state index in [0.717, 1.165) is 5.69 Å². The third-order valence-corrected chi connectivity index (χ3v) is 3.01. The SMILES string of the molecule is C/C=C\C(=O)NCc1nnnn1-c1ccc(C)c(C)c1. The van der Waals surface area contributed by atoms with Crippen LogP contribution in [0.4, 0.5) is 0 Å². The Morgan fingerprint density at radius 1 is 1.35 bits per heavy atom. The average Bonchev–Trinajstić information content (AvgIpc) is 2.88. The Balaban J connectivity index is 2.19. The summed E-state index contributed by atoms with van der Waals surface area (Å²) in [4.78, 5) is 11.4. The third kappa shape index (κ3) is 3.09. The standard InChI is InChI=1S/C14H17N5O/c1-4-5-14(20)15-9-13-16-17-18-19(13)12-7-6-10(2)11(3)8-12/h4-8H,9H2,1-3H3,(H,15,20)/b5-4-. The van der Waals surface area contributed by atoms with Crippen molar-refractivity contribution in [1.29, 1.82) is 0 Å². The Labute approximate surface area is 117 Å². The number of aromatic nitrogens is 4. The van der Waals surface area contributed by atoms with Crippen LogP contribution in [0.5, 0.6) is 0 Å². The van der Waals surface area contributed by atoms with E-state index < -0.39 is 0 Å². The summed E-state index contributed by atoms with van der Waals surface area (Å²) in [7, 11) is 0. The van der Waals surface area contributed by atoms with Crippen LogP contribution in [0.1, 0.15) is 23.9 Å². The minimum absolute atomic E-state index is 0.165. The molecule has 0 aliphatic heterocycles. The predicted molar refractivity (Wildman–Crippen MR) is 75.3 cm³/mol. The lowest BCUT2D eigenvalue weighted by Gasteiger charge is -2.07. The molecular formula is C14H17N5O. The third-order valence-electron chi connectivity index (χ3n) is 3.01. The first-order chi connectivity index (χ1) is 9.61. The van der Waals surface area contributed by atoms with Crippen LogP contribution in [0.3, 0.4) is 0 Å². The maximum Gasteiger partial charge on any atom is 0.244 e. The fourth-order valence-corrected chi connectivity index (χ4v) is 1.75. The van der Waals surface area contributed by atoms with Crippen LogP contribution in [-0.2, 0) is 11.3 Å². The van der Waals surface area contributed by atoms with Gasteiger partial charge < -0.3 is 5.32 Å². The molecule has 0 aliphatic carbocycles. The average molecular weight is 271 g/mol. The van der Waals surface area contributed by atoms with Crippen molar-refractivity contribution in [3.63, 3.8) is 0 Å². The van der Waals surface area contributed by atoms with Gasteiger partial charge in [0.25, 0.3) is 0 Å². The first-order valence-corrected chi connectivity index (χ1v) is 6.37. The van der Waals surface area contributed by atoms with Gasteiger partial charge in [0.2, 0.25) is 5.91 Å². The van der Waals surface area contributed by atoms with Gasteiger partial charge in [0.15, 0.2) is 5.82 Å². The van der Waals surface area contributed by atoms with E-state index in [1.165, 1.54) is 17.2 Å². The molecule has 0 aliphatic rings. The summed E-state index contributed by atoms with van der Waals surface area (Å²) in [6.07, 6.45) is 3.14. The van der Waals surface area contributed by atoms with Crippen molar-refractivity contribution < 1.29 is 4.79 Å². The Bertz CT molecular complexity index is 645. The minimum Gasteiger partial charge on any atom is -0.345 e. The van der Waals surface area contributed by atoms with Gasteiger partial charge in [-0.15, -0.1) is 5.10 Å². The number of carbonyl (C=O) groups excluding carboxylic acids is 1. The summed E-state index contributed by atoms with van der Waals surface area (Å²) in [5.41, 5.74) is 3.26. The van der Waals surface area contributed by atoms with E-state index in [4.69, 9.17) is 0 Å². The van der Waals surface area contributed by atoms with E-state index in [9.17, 15) is 4.79 Å². The Morgan fingerprint density at radius 2 is 2.15 bits per heavy atom. The zero-order valence-electron chi connectivity index (χ0n) is 11.8. The van der Waals surface area contributed by atoms with Crippen LogP contribution in [0.25, 0.3) is 5.69 Å². The lowest BCUT2D eigenvalue weighted by atomic mass is 10.1. The minimum atomic E-state index is -0.165. The second kappa shape index (κ2) is 6.10. The molecule has 2 aromatic rings. The first kappa shape index (κ1) is 13.9. The second-order valence-corrected chi connectivity index (χ2v) is 4.49. The van der Waals surface area contributed by atoms with E-state index in [1.54, 1.807) is 17.7 Å². The zero-order valence-corrected chi connectivity index (χ0v) is 11.8. The highest BCUT2D eigenvalue weighted by atomic mass is 16.1. The number of allylic oxidation sites excluding steroid dienone is 1. The highest BCUT2D eigenvalue weighted by molar-refractivity contribution is 5.87. The molecular weight excluding hydrogens is 254 g/mol. The highest BCUT2D eigenvalue weighted by Crippen LogP contribution is 2.13. The van der Waals surface area contributed by atoms with E-state index in [0.29, 0.717) is 5.82 Å². The highest BCUT2D eigenvalue weighted by Gasteiger charge is 2.09. The Kier molecular flexibility index (Phi) is 4.24. The van der Waals surface area contributed by atoms with Crippen molar-refractivity contribution in [3.8, 4) is 5.69 Å². The number of hydrogen-bond acceptors (Lipinski definition) is 4. The van der Waals surface area contributed by atoms with E-state index >= 15 is 0 Å². The van der Waals surface area contributed by atoms with Crippen molar-refractivity contribution in [2.24, 2.45) is 0 Å². The second-order valence-electron chi connectivity index (χ2n) is 4.49. The van der Waals surface area contributed by atoms with Crippen LogP contribution in [0, 0.1) is 13.8 Å². The molecule has 0 saturated heterocycles. The molecule has 1 aromatic heterocycles. The van der Waals surface area contributed by atoms with Gasteiger partial charge in [0.05, 0.1) is 12.2 Å². The molecule has 1 heterocycles. The molecule has 1 amide bonds. The molecule has 0 saturated carbocycles. The number of aryl methyl sites for hydroxylation is 2. The normalized spacial score (nSPS) is 10.9. The number of carbonyl (C=O) groups is 1. The quantitative estimate of drug-likeness (QED) is 0.855. The van der Waals surface area contributed by atoms with Gasteiger partial charge in [-0.25, -0.2) is 0 Å². The number of tetrazole rings is 1. The monoisotopic (exact) mass is 271 g/mol. The molecule has 6 heteroatoms. The van der Waals surface area contributed by atoms with Gasteiger partial charge in [-0.2, -0.15) is 4.68 Å². The summed E-state index contributed by atoms with van der Waals surface area (Å²) in [5.74, 6) is 0.424. The summed E-state index contributed by atoms with van der Waals surface area (Å²) < 4.78 is 1.63. The molecule has 20 heavy (non-hydrogen) atoms. The topological polar surface area (TPSA) is 72.7 Å². The van der Waals surface area contributed by atoms with Gasteiger partial charge in [-0.1, -0.05) is 12.1 Å². The summed E-state index contributed by atoms with van der Waals surface area (Å²) in [5, 5.41) is 14.3. The number of rotatable bonds is 4. The molecule has 2 rings (SSSR count). The lowest BCUT2D eigenvalue weighted by molar-refractivity contribution is -0.116. The van der Waals surface area contributed by atoms with E-state index in [1.807, 2.05) is 25.1 Å². The Morgan fingerprint density at radius 3 is 2.85 bits per heavy atom. The lowest BCUT2D eigenvalue weighted by Crippen LogP contribution is -2.22. The van der Waals surface area contributed by atoms with Gasteiger partial charge in [-0.3, -0.25) is 4.79 Å². The molecule has 0 radical (unpaired) electrons. The maximum absolute atomic E-state index is 11.4. The van der Waals surface area contributed by atoms with Crippen molar-refractivity contribution in [2.75, 3.05) is 0 Å². The molecule has 1 aromatic carbocycles. The van der Waals surface area contributed by atoms with E-state index in [2.05, 4.69) is 27.8 Å². The summed E-state index contributed by atoms with van der Waals surface area (Å²) >= 11 is 0. The molecule has 0 unspecified atom stereocenters. The number of nitrogens with one attached hydrogen (secondary N) is 1. The van der Waals surface area contributed by atoms with Gasteiger partial charge in [0, 0.05) is 0 Å². The Hall–Kier alpha value is -2.50. The van der Waals surface area contributed by atoms with Gasteiger partial charge >= 0.3 is 0 Å². The first-order valence-electron chi connectivity index (χ1n) is 6.37. The largest absolute Gasteiger partial charge is 0.345 e. The van der Waals surface area contributed by atoms with Crippen LogP contribution in [0.2, 0.25) is 0 Å².